The number of guanidine groups is 1. The van der Waals surface area contributed by atoms with Crippen LogP contribution in [-0.2, 0) is 4.79 Å². The second kappa shape index (κ2) is 4.12. The Morgan fingerprint density at radius 3 is 2.53 bits per heavy atom. The lowest BCUT2D eigenvalue weighted by Crippen LogP contribution is -2.43. The van der Waals surface area contributed by atoms with Gasteiger partial charge in [-0.15, -0.1) is 0 Å². The molecule has 6 heteroatoms. The van der Waals surface area contributed by atoms with Gasteiger partial charge in [0.1, 0.15) is 11.6 Å². The van der Waals surface area contributed by atoms with Crippen molar-refractivity contribution in [3.63, 3.8) is 0 Å². The predicted octanol–water partition coefficient (Wildman–Crippen LogP) is 1.18. The average molecular weight is 239 g/mol. The molecular formula is C11H11F2N3O. The molecule has 0 saturated heterocycles. The van der Waals surface area contributed by atoms with E-state index in [1.54, 1.807) is 0 Å². The van der Waals surface area contributed by atoms with Crippen LogP contribution in [0.4, 0.5) is 8.78 Å². The van der Waals surface area contributed by atoms with Crippen LogP contribution in [0.15, 0.2) is 23.2 Å². The van der Waals surface area contributed by atoms with E-state index >= 15 is 0 Å². The van der Waals surface area contributed by atoms with Gasteiger partial charge in [0, 0.05) is 12.6 Å². The molecule has 1 aliphatic heterocycles. The first kappa shape index (κ1) is 11.5. The standard InChI is InChI=1S/C11H11F2N3O/c1-16-9(17)5-8(15-11(16)14)10-6(12)3-2-4-7(10)13/h2-4,8H,5H2,1H3,(H2,14,15)/t8-/m0/s1. The van der Waals surface area contributed by atoms with Crippen LogP contribution in [0.1, 0.15) is 18.0 Å². The topological polar surface area (TPSA) is 58.7 Å². The van der Waals surface area contributed by atoms with Crippen LogP contribution >= 0.6 is 0 Å². The van der Waals surface area contributed by atoms with Gasteiger partial charge in [0.25, 0.3) is 0 Å². The normalized spacial score (nSPS) is 20.4. The number of carbonyl (C=O) groups is 1. The van der Waals surface area contributed by atoms with Crippen LogP contribution in [0.5, 0.6) is 0 Å². The Balaban J connectivity index is 2.45. The Hall–Kier alpha value is -1.98. The zero-order valence-corrected chi connectivity index (χ0v) is 9.15. The number of nitrogens with zero attached hydrogens (tertiary/aromatic N) is 2. The van der Waals surface area contributed by atoms with Crippen molar-refractivity contribution in [1.29, 1.82) is 0 Å². The summed E-state index contributed by atoms with van der Waals surface area (Å²) >= 11 is 0. The number of hydrogen-bond donors (Lipinski definition) is 1. The Morgan fingerprint density at radius 1 is 1.41 bits per heavy atom. The van der Waals surface area contributed by atoms with Crippen molar-refractivity contribution in [3.8, 4) is 0 Å². The second-order valence-corrected chi connectivity index (χ2v) is 3.80. The molecule has 1 aromatic carbocycles. The highest BCUT2D eigenvalue weighted by molar-refractivity contribution is 5.98. The highest BCUT2D eigenvalue weighted by Crippen LogP contribution is 2.29. The molecule has 1 amide bonds. The molecule has 0 aromatic heterocycles. The summed E-state index contributed by atoms with van der Waals surface area (Å²) in [5.74, 6) is -1.79. The third kappa shape index (κ3) is 1.98. The molecule has 0 aliphatic carbocycles. The number of aliphatic imine (C=N–C) groups is 1. The number of rotatable bonds is 1. The first-order chi connectivity index (χ1) is 8.00. The van der Waals surface area contributed by atoms with Gasteiger partial charge in [-0.3, -0.25) is 9.69 Å². The maximum Gasteiger partial charge on any atom is 0.231 e. The van der Waals surface area contributed by atoms with Crippen molar-refractivity contribution in [1.82, 2.24) is 4.90 Å². The molecule has 0 bridgehead atoms. The predicted molar refractivity (Wildman–Crippen MR) is 58.1 cm³/mol. The number of halogens is 2. The fraction of sp³-hybridized carbons (Fsp3) is 0.273. The largest absolute Gasteiger partial charge is 0.369 e. The van der Waals surface area contributed by atoms with Gasteiger partial charge in [-0.25, -0.2) is 13.8 Å². The maximum atomic E-state index is 13.5. The monoisotopic (exact) mass is 239 g/mol. The molecule has 1 heterocycles. The highest BCUT2D eigenvalue weighted by Gasteiger charge is 2.29. The molecule has 17 heavy (non-hydrogen) atoms. The van der Waals surface area contributed by atoms with Gasteiger partial charge in [0.05, 0.1) is 12.5 Å². The van der Waals surface area contributed by atoms with Crippen LogP contribution in [0.3, 0.4) is 0 Å². The van der Waals surface area contributed by atoms with Crippen molar-refractivity contribution in [3.05, 3.63) is 35.4 Å². The number of nitrogens with two attached hydrogens (primary N) is 1. The Morgan fingerprint density at radius 2 is 2.00 bits per heavy atom. The van der Waals surface area contributed by atoms with Crippen molar-refractivity contribution in [2.24, 2.45) is 10.7 Å². The average Bonchev–Trinajstić information content (AvgIpc) is 2.25. The number of amides is 1. The van der Waals surface area contributed by atoms with E-state index in [1.165, 1.54) is 13.1 Å². The van der Waals surface area contributed by atoms with Gasteiger partial charge in [-0.2, -0.15) is 0 Å². The molecule has 2 rings (SSSR count). The molecule has 0 spiro atoms. The summed E-state index contributed by atoms with van der Waals surface area (Å²) in [5, 5.41) is 0. The minimum Gasteiger partial charge on any atom is -0.369 e. The van der Waals surface area contributed by atoms with Crippen LogP contribution in [0.2, 0.25) is 0 Å². The van der Waals surface area contributed by atoms with E-state index in [-0.39, 0.29) is 23.9 Å². The summed E-state index contributed by atoms with van der Waals surface area (Å²) in [6.45, 7) is 0. The summed E-state index contributed by atoms with van der Waals surface area (Å²) in [7, 11) is 1.47. The zero-order chi connectivity index (χ0) is 12.6. The molecule has 0 fully saturated rings. The summed E-state index contributed by atoms with van der Waals surface area (Å²) in [4.78, 5) is 16.6. The fourth-order valence-electron chi connectivity index (χ4n) is 1.72. The second-order valence-electron chi connectivity index (χ2n) is 3.80. The number of hydrogen-bond acceptors (Lipinski definition) is 3. The van der Waals surface area contributed by atoms with E-state index in [2.05, 4.69) is 4.99 Å². The summed E-state index contributed by atoms with van der Waals surface area (Å²) in [6.07, 6.45) is -0.0882. The SMILES string of the molecule is CN1C(=O)C[C@@H](c2c(F)cccc2F)N=C1N. The Labute approximate surface area is 96.7 Å². The fourth-order valence-corrected chi connectivity index (χ4v) is 1.72. The van der Waals surface area contributed by atoms with Crippen molar-refractivity contribution >= 4 is 11.9 Å². The first-order valence-electron chi connectivity index (χ1n) is 5.04. The Bertz CT molecular complexity index is 481. The highest BCUT2D eigenvalue weighted by atomic mass is 19.1. The van der Waals surface area contributed by atoms with Gasteiger partial charge in [0.2, 0.25) is 5.91 Å². The van der Waals surface area contributed by atoms with Crippen molar-refractivity contribution in [2.45, 2.75) is 12.5 Å². The zero-order valence-electron chi connectivity index (χ0n) is 9.15. The minimum absolute atomic E-state index is 0.0334. The summed E-state index contributed by atoms with van der Waals surface area (Å²) < 4.78 is 27.0. The van der Waals surface area contributed by atoms with E-state index in [0.717, 1.165) is 17.0 Å². The van der Waals surface area contributed by atoms with E-state index in [0.29, 0.717) is 0 Å². The lowest BCUT2D eigenvalue weighted by atomic mass is 10.0. The number of carbonyl (C=O) groups excluding carboxylic acids is 1. The third-order valence-corrected chi connectivity index (χ3v) is 2.71. The van der Waals surface area contributed by atoms with Crippen LogP contribution in [-0.4, -0.2) is 23.8 Å². The summed E-state index contributed by atoms with van der Waals surface area (Å²) in [6, 6.07) is 2.64. The molecule has 2 N–H and O–H groups in total. The van der Waals surface area contributed by atoms with E-state index in [1.807, 2.05) is 0 Å². The minimum atomic E-state index is -0.889. The van der Waals surface area contributed by atoms with Gasteiger partial charge < -0.3 is 5.73 Å². The van der Waals surface area contributed by atoms with Crippen molar-refractivity contribution in [2.75, 3.05) is 7.05 Å². The van der Waals surface area contributed by atoms with Crippen LogP contribution < -0.4 is 5.73 Å². The quantitative estimate of drug-likeness (QED) is 0.800. The summed E-state index contributed by atoms with van der Waals surface area (Å²) in [5.41, 5.74) is 5.30. The molecule has 1 aliphatic rings. The number of benzene rings is 1. The lowest BCUT2D eigenvalue weighted by molar-refractivity contribution is -0.127. The lowest BCUT2D eigenvalue weighted by Gasteiger charge is -2.26. The van der Waals surface area contributed by atoms with Crippen LogP contribution in [0, 0.1) is 11.6 Å². The molecule has 0 saturated carbocycles. The van der Waals surface area contributed by atoms with Crippen LogP contribution in [0.25, 0.3) is 0 Å². The smallest absolute Gasteiger partial charge is 0.231 e. The Kier molecular flexibility index (Phi) is 2.79. The van der Waals surface area contributed by atoms with E-state index < -0.39 is 17.7 Å². The molecule has 0 unspecified atom stereocenters. The first-order valence-corrected chi connectivity index (χ1v) is 5.04. The molecule has 0 radical (unpaired) electrons. The van der Waals surface area contributed by atoms with Gasteiger partial charge >= 0.3 is 0 Å². The molecular weight excluding hydrogens is 228 g/mol. The van der Waals surface area contributed by atoms with Gasteiger partial charge in [-0.05, 0) is 12.1 Å². The van der Waals surface area contributed by atoms with Gasteiger partial charge in [0.15, 0.2) is 5.96 Å². The van der Waals surface area contributed by atoms with E-state index in [4.69, 9.17) is 5.73 Å². The molecule has 90 valence electrons. The van der Waals surface area contributed by atoms with Gasteiger partial charge in [-0.1, -0.05) is 6.07 Å². The third-order valence-electron chi connectivity index (χ3n) is 2.71. The molecule has 4 nitrogen and oxygen atoms in total. The molecule has 1 atom stereocenters. The maximum absolute atomic E-state index is 13.5. The van der Waals surface area contributed by atoms with Crippen molar-refractivity contribution < 1.29 is 13.6 Å². The molecule has 1 aromatic rings. The van der Waals surface area contributed by atoms with E-state index in [9.17, 15) is 13.6 Å².